The summed E-state index contributed by atoms with van der Waals surface area (Å²) < 4.78 is 5.57. The Morgan fingerprint density at radius 3 is 3.06 bits per heavy atom. The molecule has 2 atom stereocenters. The van der Waals surface area contributed by atoms with Crippen LogP contribution in [0.2, 0.25) is 5.15 Å². The molecule has 1 aliphatic heterocycles. The fourth-order valence-electron chi connectivity index (χ4n) is 1.79. The Bertz CT molecular complexity index is 380. The van der Waals surface area contributed by atoms with Gasteiger partial charge in [-0.1, -0.05) is 18.5 Å². The van der Waals surface area contributed by atoms with E-state index in [2.05, 4.69) is 29.1 Å². The summed E-state index contributed by atoms with van der Waals surface area (Å²) in [5.74, 6) is 1.48. The van der Waals surface area contributed by atoms with Gasteiger partial charge in [-0.25, -0.2) is 9.97 Å². The molecule has 1 saturated heterocycles. The molecule has 0 saturated carbocycles. The van der Waals surface area contributed by atoms with E-state index in [1.54, 1.807) is 6.07 Å². The fraction of sp³-hybridized carbons (Fsp3) is 0.667. The zero-order valence-electron chi connectivity index (χ0n) is 10.2. The molecule has 0 amide bonds. The monoisotopic (exact) mass is 255 g/mol. The van der Waals surface area contributed by atoms with Crippen molar-refractivity contribution in [1.82, 2.24) is 9.97 Å². The van der Waals surface area contributed by atoms with E-state index in [0.717, 1.165) is 31.7 Å². The largest absolute Gasteiger partial charge is 0.370 e. The highest BCUT2D eigenvalue weighted by Gasteiger charge is 2.21. The van der Waals surface area contributed by atoms with Crippen molar-refractivity contribution in [1.29, 1.82) is 0 Å². The second-order valence-electron chi connectivity index (χ2n) is 4.39. The van der Waals surface area contributed by atoms with Crippen LogP contribution in [0.25, 0.3) is 0 Å². The molecule has 2 unspecified atom stereocenters. The Hall–Kier alpha value is -0.870. The Morgan fingerprint density at radius 2 is 2.41 bits per heavy atom. The van der Waals surface area contributed by atoms with Crippen molar-refractivity contribution in [3.63, 3.8) is 0 Å². The van der Waals surface area contributed by atoms with E-state index in [0.29, 0.717) is 17.0 Å². The lowest BCUT2D eigenvalue weighted by Crippen LogP contribution is -2.16. The Balaban J connectivity index is 2.16. The van der Waals surface area contributed by atoms with E-state index in [-0.39, 0.29) is 6.10 Å². The van der Waals surface area contributed by atoms with E-state index in [1.807, 2.05) is 0 Å². The van der Waals surface area contributed by atoms with Gasteiger partial charge < -0.3 is 10.1 Å². The van der Waals surface area contributed by atoms with Crippen molar-refractivity contribution in [3.05, 3.63) is 17.0 Å². The molecule has 4 nitrogen and oxygen atoms in total. The highest BCUT2D eigenvalue weighted by Crippen LogP contribution is 2.27. The Labute approximate surface area is 107 Å². The highest BCUT2D eigenvalue weighted by atomic mass is 35.5. The van der Waals surface area contributed by atoms with Gasteiger partial charge in [-0.2, -0.15) is 0 Å². The second kappa shape index (κ2) is 5.65. The average Bonchev–Trinajstić information content (AvgIpc) is 2.81. The van der Waals surface area contributed by atoms with Crippen molar-refractivity contribution in [2.45, 2.75) is 45.3 Å². The number of hydrogen-bond acceptors (Lipinski definition) is 4. The summed E-state index contributed by atoms with van der Waals surface area (Å²) in [6.45, 7) is 5.03. The zero-order chi connectivity index (χ0) is 12.3. The van der Waals surface area contributed by atoms with Gasteiger partial charge in [-0.3, -0.25) is 0 Å². The van der Waals surface area contributed by atoms with Crippen molar-refractivity contribution < 1.29 is 4.74 Å². The SMILES string of the molecule is CCC(C)Nc1cc(Cl)nc(C2CCCO2)n1. The lowest BCUT2D eigenvalue weighted by atomic mass is 10.2. The van der Waals surface area contributed by atoms with Crippen molar-refractivity contribution in [2.24, 2.45) is 0 Å². The number of rotatable bonds is 4. The molecule has 0 aliphatic carbocycles. The van der Waals surface area contributed by atoms with Gasteiger partial charge in [0.15, 0.2) is 5.82 Å². The van der Waals surface area contributed by atoms with Gasteiger partial charge in [0.05, 0.1) is 0 Å². The average molecular weight is 256 g/mol. The predicted octanol–water partition coefficient (Wildman–Crippen LogP) is 3.19. The van der Waals surface area contributed by atoms with Crippen LogP contribution in [0.4, 0.5) is 5.82 Å². The van der Waals surface area contributed by atoms with Crippen LogP contribution in [0, 0.1) is 0 Å². The minimum atomic E-state index is 0.00572. The van der Waals surface area contributed by atoms with Crippen LogP contribution in [0.15, 0.2) is 6.07 Å². The summed E-state index contributed by atoms with van der Waals surface area (Å²) in [4.78, 5) is 8.71. The zero-order valence-corrected chi connectivity index (χ0v) is 11.0. The van der Waals surface area contributed by atoms with E-state index < -0.39 is 0 Å². The van der Waals surface area contributed by atoms with Crippen molar-refractivity contribution in [3.8, 4) is 0 Å². The minimum absolute atomic E-state index is 0.00572. The summed E-state index contributed by atoms with van der Waals surface area (Å²) in [5, 5.41) is 3.77. The molecular weight excluding hydrogens is 238 g/mol. The smallest absolute Gasteiger partial charge is 0.161 e. The first-order valence-corrected chi connectivity index (χ1v) is 6.49. The van der Waals surface area contributed by atoms with E-state index in [4.69, 9.17) is 16.3 Å². The maximum atomic E-state index is 6.01. The van der Waals surface area contributed by atoms with Crippen LogP contribution in [0.1, 0.15) is 45.0 Å². The van der Waals surface area contributed by atoms with Gasteiger partial charge in [0.2, 0.25) is 0 Å². The van der Waals surface area contributed by atoms with Crippen LogP contribution in [0.5, 0.6) is 0 Å². The molecule has 5 heteroatoms. The maximum Gasteiger partial charge on any atom is 0.161 e. The summed E-state index contributed by atoms with van der Waals surface area (Å²) in [6, 6.07) is 2.13. The van der Waals surface area contributed by atoms with Gasteiger partial charge in [0.1, 0.15) is 17.1 Å². The molecule has 2 heterocycles. The first-order chi connectivity index (χ1) is 8.19. The molecule has 1 aromatic heterocycles. The molecule has 0 aromatic carbocycles. The third kappa shape index (κ3) is 3.30. The Morgan fingerprint density at radius 1 is 1.59 bits per heavy atom. The van der Waals surface area contributed by atoms with Gasteiger partial charge in [-0.05, 0) is 26.2 Å². The predicted molar refractivity (Wildman–Crippen MR) is 68.3 cm³/mol. The summed E-state index contributed by atoms with van der Waals surface area (Å²) >= 11 is 6.01. The van der Waals surface area contributed by atoms with Crippen LogP contribution in [0.3, 0.4) is 0 Å². The number of aromatic nitrogens is 2. The quantitative estimate of drug-likeness (QED) is 0.840. The standard InChI is InChI=1S/C12H18ClN3O/c1-3-8(2)14-11-7-10(13)15-12(16-11)9-5-4-6-17-9/h7-9H,3-6H2,1-2H3,(H,14,15,16). The molecule has 1 N–H and O–H groups in total. The molecule has 94 valence electrons. The number of ether oxygens (including phenoxy) is 1. The molecule has 1 fully saturated rings. The molecule has 2 rings (SSSR count). The number of hydrogen-bond donors (Lipinski definition) is 1. The maximum absolute atomic E-state index is 6.01. The summed E-state index contributed by atoms with van der Waals surface area (Å²) in [7, 11) is 0. The number of nitrogens with zero attached hydrogens (tertiary/aromatic N) is 2. The van der Waals surface area contributed by atoms with Crippen LogP contribution >= 0.6 is 11.6 Å². The van der Waals surface area contributed by atoms with Crippen molar-refractivity contribution in [2.75, 3.05) is 11.9 Å². The van der Waals surface area contributed by atoms with Gasteiger partial charge in [0, 0.05) is 18.7 Å². The molecule has 1 aliphatic rings. The molecular formula is C12H18ClN3O. The van der Waals surface area contributed by atoms with Gasteiger partial charge in [0.25, 0.3) is 0 Å². The fourth-order valence-corrected chi connectivity index (χ4v) is 1.98. The van der Waals surface area contributed by atoms with E-state index >= 15 is 0 Å². The first kappa shape index (κ1) is 12.6. The van der Waals surface area contributed by atoms with Crippen LogP contribution in [-0.2, 0) is 4.74 Å². The van der Waals surface area contributed by atoms with Gasteiger partial charge >= 0.3 is 0 Å². The normalized spacial score (nSPS) is 21.5. The molecule has 0 radical (unpaired) electrons. The third-order valence-electron chi connectivity index (χ3n) is 2.94. The molecule has 0 bridgehead atoms. The first-order valence-electron chi connectivity index (χ1n) is 6.11. The van der Waals surface area contributed by atoms with Crippen LogP contribution in [-0.4, -0.2) is 22.6 Å². The lowest BCUT2D eigenvalue weighted by Gasteiger charge is -2.14. The number of nitrogens with one attached hydrogen (secondary N) is 1. The minimum Gasteiger partial charge on any atom is -0.370 e. The summed E-state index contributed by atoms with van der Waals surface area (Å²) in [5.41, 5.74) is 0. The summed E-state index contributed by atoms with van der Waals surface area (Å²) in [6.07, 6.45) is 3.08. The van der Waals surface area contributed by atoms with E-state index in [9.17, 15) is 0 Å². The molecule has 17 heavy (non-hydrogen) atoms. The molecule has 1 aromatic rings. The van der Waals surface area contributed by atoms with Gasteiger partial charge in [-0.15, -0.1) is 0 Å². The highest BCUT2D eigenvalue weighted by molar-refractivity contribution is 6.29. The van der Waals surface area contributed by atoms with Crippen molar-refractivity contribution >= 4 is 17.4 Å². The Kier molecular flexibility index (Phi) is 4.18. The second-order valence-corrected chi connectivity index (χ2v) is 4.78. The number of halogens is 1. The number of anilines is 1. The van der Waals surface area contributed by atoms with Crippen LogP contribution < -0.4 is 5.32 Å². The topological polar surface area (TPSA) is 47.0 Å². The lowest BCUT2D eigenvalue weighted by molar-refractivity contribution is 0.105. The van der Waals surface area contributed by atoms with E-state index in [1.165, 1.54) is 0 Å². The molecule has 0 spiro atoms. The third-order valence-corrected chi connectivity index (χ3v) is 3.13.